The van der Waals surface area contributed by atoms with Crippen molar-refractivity contribution in [3.63, 3.8) is 0 Å². The number of hydrogen-bond acceptors (Lipinski definition) is 7. The van der Waals surface area contributed by atoms with E-state index < -0.39 is 0 Å². The van der Waals surface area contributed by atoms with Crippen molar-refractivity contribution < 1.29 is 9.53 Å². The molecule has 0 saturated carbocycles. The number of carbonyl (C=O) groups is 1. The van der Waals surface area contributed by atoms with Crippen molar-refractivity contribution in [2.75, 3.05) is 19.7 Å². The van der Waals surface area contributed by atoms with Crippen LogP contribution in [0, 0.1) is 0 Å². The van der Waals surface area contributed by atoms with E-state index in [2.05, 4.69) is 45.3 Å². The minimum absolute atomic E-state index is 0.0177. The topological polar surface area (TPSA) is 45.1 Å². The van der Waals surface area contributed by atoms with E-state index in [-0.39, 0.29) is 18.1 Å². The van der Waals surface area contributed by atoms with Gasteiger partial charge < -0.3 is 4.74 Å². The van der Waals surface area contributed by atoms with E-state index >= 15 is 0 Å². The van der Waals surface area contributed by atoms with E-state index in [0.29, 0.717) is 6.54 Å². The zero-order valence-corrected chi connectivity index (χ0v) is 19.6. The summed E-state index contributed by atoms with van der Waals surface area (Å²) >= 11 is 5.11. The Labute approximate surface area is 194 Å². The molecule has 3 aromatic rings. The number of thiophene rings is 3. The molecule has 5 heterocycles. The number of hydrazone groups is 1. The standard InChI is InChI=1S/C23H25N3O2S3/c27-23(16-25(14-17-5-1-9-28-17)15-18-6-2-10-29-18)26-20(22-8-4-12-31-22)13-19(24-26)21-7-3-11-30-21/h2-4,6-8,10-12,17,20H,1,5,9,13-16H2/t17-,20-/m0/s1. The lowest BCUT2D eigenvalue weighted by atomic mass is 10.1. The summed E-state index contributed by atoms with van der Waals surface area (Å²) in [5.41, 5.74) is 1.01. The smallest absolute Gasteiger partial charge is 0.257 e. The average Bonchev–Trinajstić information content (AvgIpc) is 3.59. The number of hydrogen-bond donors (Lipinski definition) is 0. The van der Waals surface area contributed by atoms with Crippen LogP contribution in [0.4, 0.5) is 0 Å². The zero-order valence-electron chi connectivity index (χ0n) is 17.2. The van der Waals surface area contributed by atoms with Gasteiger partial charge in [0.05, 0.1) is 29.3 Å². The Morgan fingerprint density at radius 1 is 1.13 bits per heavy atom. The van der Waals surface area contributed by atoms with E-state index in [0.717, 1.165) is 49.5 Å². The molecule has 162 valence electrons. The largest absolute Gasteiger partial charge is 0.377 e. The lowest BCUT2D eigenvalue weighted by molar-refractivity contribution is -0.134. The van der Waals surface area contributed by atoms with Gasteiger partial charge in [0.15, 0.2) is 0 Å². The van der Waals surface area contributed by atoms with E-state index in [9.17, 15) is 4.79 Å². The monoisotopic (exact) mass is 471 g/mol. The molecular formula is C23H25N3O2S3. The fraction of sp³-hybridized carbons (Fsp3) is 0.391. The van der Waals surface area contributed by atoms with Crippen molar-refractivity contribution >= 4 is 45.6 Å². The van der Waals surface area contributed by atoms with Crippen molar-refractivity contribution in [1.82, 2.24) is 9.91 Å². The fourth-order valence-corrected chi connectivity index (χ4v) is 6.46. The van der Waals surface area contributed by atoms with Crippen LogP contribution in [0.25, 0.3) is 0 Å². The fourth-order valence-electron chi connectivity index (χ4n) is 4.18. The number of nitrogens with zero attached hydrogens (tertiary/aromatic N) is 3. The summed E-state index contributed by atoms with van der Waals surface area (Å²) in [6.45, 7) is 2.72. The summed E-state index contributed by atoms with van der Waals surface area (Å²) in [6.07, 6.45) is 3.15. The van der Waals surface area contributed by atoms with Crippen LogP contribution >= 0.6 is 34.0 Å². The van der Waals surface area contributed by atoms with Crippen molar-refractivity contribution in [1.29, 1.82) is 0 Å². The second-order valence-electron chi connectivity index (χ2n) is 7.88. The van der Waals surface area contributed by atoms with Crippen LogP contribution in [0.2, 0.25) is 0 Å². The molecule has 1 saturated heterocycles. The predicted octanol–water partition coefficient (Wildman–Crippen LogP) is 5.23. The lowest BCUT2D eigenvalue weighted by Crippen LogP contribution is -2.40. The maximum atomic E-state index is 13.5. The molecule has 0 N–H and O–H groups in total. The van der Waals surface area contributed by atoms with Crippen molar-refractivity contribution in [3.05, 3.63) is 67.2 Å². The predicted molar refractivity (Wildman–Crippen MR) is 128 cm³/mol. The Kier molecular flexibility index (Phi) is 6.61. The summed E-state index contributed by atoms with van der Waals surface area (Å²) in [6, 6.07) is 12.5. The normalized spacial score (nSPS) is 21.2. The Hall–Kier alpha value is -1.84. The third-order valence-corrected chi connectivity index (χ3v) is 8.40. The molecule has 2 aliphatic heterocycles. The molecule has 0 aromatic carbocycles. The molecule has 0 radical (unpaired) electrons. The van der Waals surface area contributed by atoms with E-state index in [4.69, 9.17) is 9.84 Å². The first-order chi connectivity index (χ1) is 15.3. The quantitative estimate of drug-likeness (QED) is 0.452. The molecule has 1 amide bonds. The van der Waals surface area contributed by atoms with Gasteiger partial charge in [-0.1, -0.05) is 18.2 Å². The summed E-state index contributed by atoms with van der Waals surface area (Å²) in [7, 11) is 0. The zero-order chi connectivity index (χ0) is 21.0. The SMILES string of the molecule is O=C(CN(Cc1cccs1)C[C@@H]1CCCO1)N1N=C(c2cccs2)C[C@H]1c1cccs1. The molecule has 5 rings (SSSR count). The first-order valence-electron chi connectivity index (χ1n) is 10.6. The molecule has 5 nitrogen and oxygen atoms in total. The minimum atomic E-state index is -0.0177. The Morgan fingerprint density at radius 2 is 1.97 bits per heavy atom. The van der Waals surface area contributed by atoms with Gasteiger partial charge in [0, 0.05) is 35.9 Å². The Morgan fingerprint density at radius 3 is 2.68 bits per heavy atom. The van der Waals surface area contributed by atoms with Gasteiger partial charge in [0.2, 0.25) is 0 Å². The molecule has 0 bridgehead atoms. The maximum Gasteiger partial charge on any atom is 0.257 e. The van der Waals surface area contributed by atoms with Crippen LogP contribution in [0.3, 0.4) is 0 Å². The van der Waals surface area contributed by atoms with Gasteiger partial charge in [-0.25, -0.2) is 5.01 Å². The minimum Gasteiger partial charge on any atom is -0.377 e. The molecule has 31 heavy (non-hydrogen) atoms. The summed E-state index contributed by atoms with van der Waals surface area (Å²) in [5.74, 6) is 0.0551. The summed E-state index contributed by atoms with van der Waals surface area (Å²) in [4.78, 5) is 19.4. The molecular weight excluding hydrogens is 446 g/mol. The molecule has 0 aliphatic carbocycles. The van der Waals surface area contributed by atoms with Crippen LogP contribution in [-0.4, -0.2) is 47.3 Å². The third kappa shape index (κ3) is 4.99. The second-order valence-corrected chi connectivity index (χ2v) is 10.8. The Balaban J connectivity index is 1.35. The highest BCUT2D eigenvalue weighted by atomic mass is 32.1. The van der Waals surface area contributed by atoms with Gasteiger partial charge >= 0.3 is 0 Å². The highest BCUT2D eigenvalue weighted by Crippen LogP contribution is 2.36. The van der Waals surface area contributed by atoms with Crippen LogP contribution in [-0.2, 0) is 16.1 Å². The first kappa shape index (κ1) is 21.0. The number of carbonyl (C=O) groups excluding carboxylic acids is 1. The van der Waals surface area contributed by atoms with Gasteiger partial charge in [-0.15, -0.1) is 34.0 Å². The number of rotatable bonds is 8. The van der Waals surface area contributed by atoms with Gasteiger partial charge in [0.25, 0.3) is 5.91 Å². The summed E-state index contributed by atoms with van der Waals surface area (Å²) in [5, 5.41) is 12.8. The Bertz CT molecular complexity index is 993. The van der Waals surface area contributed by atoms with Crippen LogP contribution in [0.15, 0.2) is 57.6 Å². The van der Waals surface area contributed by atoms with Crippen LogP contribution in [0.5, 0.6) is 0 Å². The molecule has 0 spiro atoms. The van der Waals surface area contributed by atoms with E-state index in [1.165, 1.54) is 9.75 Å². The molecule has 8 heteroatoms. The van der Waals surface area contributed by atoms with E-state index in [1.807, 2.05) is 12.1 Å². The molecule has 2 aliphatic rings. The second kappa shape index (κ2) is 9.75. The molecule has 1 fully saturated rings. The van der Waals surface area contributed by atoms with Crippen molar-refractivity contribution in [2.45, 2.75) is 38.0 Å². The van der Waals surface area contributed by atoms with Crippen LogP contribution in [0.1, 0.15) is 39.9 Å². The first-order valence-corrected chi connectivity index (χ1v) is 13.2. The average molecular weight is 472 g/mol. The molecule has 3 aromatic heterocycles. The lowest BCUT2D eigenvalue weighted by Gasteiger charge is -2.27. The van der Waals surface area contributed by atoms with E-state index in [1.54, 1.807) is 39.0 Å². The number of amides is 1. The maximum absolute atomic E-state index is 13.5. The molecule has 2 atom stereocenters. The van der Waals surface area contributed by atoms with Crippen molar-refractivity contribution in [2.24, 2.45) is 5.10 Å². The molecule has 0 unspecified atom stereocenters. The van der Waals surface area contributed by atoms with Gasteiger partial charge in [-0.3, -0.25) is 9.69 Å². The highest BCUT2D eigenvalue weighted by molar-refractivity contribution is 7.12. The van der Waals surface area contributed by atoms with Gasteiger partial charge in [-0.2, -0.15) is 5.10 Å². The van der Waals surface area contributed by atoms with Gasteiger partial charge in [0.1, 0.15) is 0 Å². The van der Waals surface area contributed by atoms with Crippen LogP contribution < -0.4 is 0 Å². The highest BCUT2D eigenvalue weighted by Gasteiger charge is 2.35. The summed E-state index contributed by atoms with van der Waals surface area (Å²) < 4.78 is 5.87. The third-order valence-electron chi connectivity index (χ3n) is 5.65. The van der Waals surface area contributed by atoms with Crippen molar-refractivity contribution in [3.8, 4) is 0 Å². The van der Waals surface area contributed by atoms with Gasteiger partial charge in [-0.05, 0) is 47.2 Å². The number of ether oxygens (including phenoxy) is 1.